The van der Waals surface area contributed by atoms with Crippen molar-refractivity contribution in [3.63, 3.8) is 0 Å². The van der Waals surface area contributed by atoms with E-state index in [0.29, 0.717) is 16.5 Å². The van der Waals surface area contributed by atoms with E-state index in [1.807, 2.05) is 0 Å². The lowest BCUT2D eigenvalue weighted by Crippen LogP contribution is -2.47. The number of rotatable bonds is 4. The molecule has 3 aromatic rings. The van der Waals surface area contributed by atoms with Gasteiger partial charge in [0.05, 0.1) is 25.2 Å². The van der Waals surface area contributed by atoms with Crippen LogP contribution in [0.15, 0.2) is 57.9 Å². The number of imide groups is 1. The third-order valence-corrected chi connectivity index (χ3v) is 5.55. The number of likely N-dealkylation sites (tertiary alicyclic amines) is 1. The second-order valence-electron chi connectivity index (χ2n) is 6.85. The fraction of sp³-hybridized carbons (Fsp3) is 0.238. The molecule has 4 rings (SSSR count). The number of carbonyl (C=O) groups is 2. The van der Waals surface area contributed by atoms with Crippen molar-refractivity contribution in [2.24, 2.45) is 0 Å². The number of amides is 2. The summed E-state index contributed by atoms with van der Waals surface area (Å²) in [7, 11) is 1.57. The van der Waals surface area contributed by atoms with Gasteiger partial charge in [0.15, 0.2) is 0 Å². The number of nitrogens with zero attached hydrogens (tertiary/aromatic N) is 3. The van der Waals surface area contributed by atoms with E-state index < -0.39 is 11.9 Å². The second kappa shape index (κ2) is 7.79. The fourth-order valence-electron chi connectivity index (χ4n) is 3.49. The van der Waals surface area contributed by atoms with Crippen LogP contribution in [-0.2, 0) is 16.1 Å². The van der Waals surface area contributed by atoms with Gasteiger partial charge in [-0.25, -0.2) is 4.68 Å². The highest BCUT2D eigenvalue weighted by molar-refractivity contribution is 9.10. The van der Waals surface area contributed by atoms with Crippen LogP contribution < -0.4 is 10.3 Å². The SMILES string of the molecule is COc1ccc(CN2C(=O)CCC(n3ncc4cc(Br)ccc4c3=O)C2=O)cc1. The van der Waals surface area contributed by atoms with Gasteiger partial charge in [0.1, 0.15) is 11.8 Å². The number of methoxy groups -OCH3 is 1. The maximum absolute atomic E-state index is 13.1. The predicted molar refractivity (Wildman–Crippen MR) is 111 cm³/mol. The van der Waals surface area contributed by atoms with Crippen LogP contribution in [-0.4, -0.2) is 33.6 Å². The quantitative estimate of drug-likeness (QED) is 0.564. The highest BCUT2D eigenvalue weighted by atomic mass is 79.9. The molecular formula is C21H18BrN3O4. The fourth-order valence-corrected chi connectivity index (χ4v) is 3.86. The van der Waals surface area contributed by atoms with Crippen molar-refractivity contribution in [1.82, 2.24) is 14.7 Å². The van der Waals surface area contributed by atoms with Crippen LogP contribution in [0.5, 0.6) is 5.75 Å². The Morgan fingerprint density at radius 1 is 1.14 bits per heavy atom. The largest absolute Gasteiger partial charge is 0.497 e. The summed E-state index contributed by atoms with van der Waals surface area (Å²) in [5.74, 6) is 0.0319. The predicted octanol–water partition coefficient (Wildman–Crippen LogP) is 3.06. The molecule has 1 aliphatic heterocycles. The van der Waals surface area contributed by atoms with Gasteiger partial charge in [0, 0.05) is 16.3 Å². The van der Waals surface area contributed by atoms with Gasteiger partial charge in [-0.15, -0.1) is 0 Å². The first-order valence-electron chi connectivity index (χ1n) is 9.12. The molecule has 1 atom stereocenters. The minimum atomic E-state index is -0.800. The zero-order chi connectivity index (χ0) is 20.5. The van der Waals surface area contributed by atoms with Gasteiger partial charge < -0.3 is 4.74 Å². The molecule has 7 nitrogen and oxygen atoms in total. The maximum atomic E-state index is 13.1. The molecule has 0 N–H and O–H groups in total. The average molecular weight is 456 g/mol. The van der Waals surface area contributed by atoms with Crippen molar-refractivity contribution < 1.29 is 14.3 Å². The molecule has 1 fully saturated rings. The smallest absolute Gasteiger partial charge is 0.275 e. The highest BCUT2D eigenvalue weighted by Crippen LogP contribution is 2.25. The Labute approximate surface area is 175 Å². The Kier molecular flexibility index (Phi) is 5.19. The third kappa shape index (κ3) is 3.67. The molecule has 1 unspecified atom stereocenters. The van der Waals surface area contributed by atoms with Crippen LogP contribution in [0.25, 0.3) is 10.8 Å². The van der Waals surface area contributed by atoms with Crippen molar-refractivity contribution >= 4 is 38.5 Å². The first-order valence-corrected chi connectivity index (χ1v) is 9.91. The van der Waals surface area contributed by atoms with Crippen molar-refractivity contribution in [1.29, 1.82) is 0 Å². The summed E-state index contributed by atoms with van der Waals surface area (Å²) in [6.45, 7) is 0.146. The van der Waals surface area contributed by atoms with Gasteiger partial charge in [-0.2, -0.15) is 5.10 Å². The van der Waals surface area contributed by atoms with Crippen molar-refractivity contribution in [2.45, 2.75) is 25.4 Å². The molecule has 2 heterocycles. The lowest BCUT2D eigenvalue weighted by molar-refractivity contribution is -0.152. The standard InChI is InChI=1S/C21H18BrN3O4/c1-29-16-5-2-13(3-6-16)12-24-19(26)9-8-18(21(24)28)25-20(27)17-7-4-15(22)10-14(17)11-23-25/h2-7,10-11,18H,8-9,12H2,1H3. The summed E-state index contributed by atoms with van der Waals surface area (Å²) in [6.07, 6.45) is 2.00. The molecule has 0 radical (unpaired) electrons. The van der Waals surface area contributed by atoms with Gasteiger partial charge in [-0.1, -0.05) is 28.1 Å². The molecular weight excluding hydrogens is 438 g/mol. The van der Waals surface area contributed by atoms with Crippen LogP contribution in [0.2, 0.25) is 0 Å². The first kappa shape index (κ1) is 19.3. The number of piperidine rings is 1. The molecule has 0 spiro atoms. The highest BCUT2D eigenvalue weighted by Gasteiger charge is 2.36. The van der Waals surface area contributed by atoms with E-state index in [9.17, 15) is 14.4 Å². The van der Waals surface area contributed by atoms with Crippen molar-refractivity contribution in [3.8, 4) is 5.75 Å². The number of hydrogen-bond acceptors (Lipinski definition) is 5. The molecule has 8 heteroatoms. The number of halogens is 1. The van der Waals surface area contributed by atoms with Crippen LogP contribution in [0, 0.1) is 0 Å². The lowest BCUT2D eigenvalue weighted by atomic mass is 10.0. The normalized spacial score (nSPS) is 17.0. The summed E-state index contributed by atoms with van der Waals surface area (Å²) in [5.41, 5.74) is 0.462. The molecule has 2 amide bonds. The number of aromatic nitrogens is 2. The summed E-state index contributed by atoms with van der Waals surface area (Å²) >= 11 is 3.37. The molecule has 1 aromatic heterocycles. The zero-order valence-electron chi connectivity index (χ0n) is 15.7. The summed E-state index contributed by atoms with van der Waals surface area (Å²) < 4.78 is 7.18. The van der Waals surface area contributed by atoms with E-state index in [1.54, 1.807) is 55.8 Å². The van der Waals surface area contributed by atoms with E-state index in [-0.39, 0.29) is 30.9 Å². The van der Waals surface area contributed by atoms with Crippen LogP contribution in [0.1, 0.15) is 24.4 Å². The van der Waals surface area contributed by atoms with E-state index >= 15 is 0 Å². The average Bonchev–Trinajstić information content (AvgIpc) is 2.72. The van der Waals surface area contributed by atoms with E-state index in [1.165, 1.54) is 9.58 Å². The number of benzene rings is 2. The number of hydrogen-bond donors (Lipinski definition) is 0. The van der Waals surface area contributed by atoms with Gasteiger partial charge in [-0.3, -0.25) is 19.3 Å². The molecule has 0 bridgehead atoms. The minimum absolute atomic E-state index is 0.146. The molecule has 0 saturated carbocycles. The third-order valence-electron chi connectivity index (χ3n) is 5.05. The lowest BCUT2D eigenvalue weighted by Gasteiger charge is -2.31. The topological polar surface area (TPSA) is 81.5 Å². The van der Waals surface area contributed by atoms with Crippen LogP contribution in [0.3, 0.4) is 0 Å². The second-order valence-corrected chi connectivity index (χ2v) is 7.76. The van der Waals surface area contributed by atoms with Gasteiger partial charge >= 0.3 is 0 Å². The van der Waals surface area contributed by atoms with E-state index in [2.05, 4.69) is 21.0 Å². The zero-order valence-corrected chi connectivity index (χ0v) is 17.3. The molecule has 2 aromatic carbocycles. The summed E-state index contributed by atoms with van der Waals surface area (Å²) in [6, 6.07) is 11.6. The Hall–Kier alpha value is -3.00. The van der Waals surface area contributed by atoms with Crippen LogP contribution in [0.4, 0.5) is 0 Å². The van der Waals surface area contributed by atoms with E-state index in [0.717, 1.165) is 10.0 Å². The Morgan fingerprint density at radius 3 is 2.62 bits per heavy atom. The van der Waals surface area contributed by atoms with E-state index in [4.69, 9.17) is 4.74 Å². The Morgan fingerprint density at radius 2 is 1.90 bits per heavy atom. The number of ether oxygens (including phenoxy) is 1. The summed E-state index contributed by atoms with van der Waals surface area (Å²) in [5, 5.41) is 5.39. The van der Waals surface area contributed by atoms with Gasteiger partial charge in [0.2, 0.25) is 5.91 Å². The monoisotopic (exact) mass is 455 g/mol. The maximum Gasteiger partial charge on any atom is 0.275 e. The van der Waals surface area contributed by atoms with Gasteiger partial charge in [-0.05, 0) is 42.3 Å². The van der Waals surface area contributed by atoms with Gasteiger partial charge in [0.25, 0.3) is 11.5 Å². The molecule has 1 aliphatic rings. The molecule has 1 saturated heterocycles. The Bertz CT molecular complexity index is 1160. The Balaban J connectivity index is 1.65. The summed E-state index contributed by atoms with van der Waals surface area (Å²) in [4.78, 5) is 39.6. The molecule has 148 valence electrons. The number of carbonyl (C=O) groups excluding carboxylic acids is 2. The molecule has 0 aliphatic carbocycles. The van der Waals surface area contributed by atoms with Crippen molar-refractivity contribution in [2.75, 3.05) is 7.11 Å². The first-order chi connectivity index (χ1) is 14.0. The van der Waals surface area contributed by atoms with Crippen molar-refractivity contribution in [3.05, 3.63) is 69.1 Å². The van der Waals surface area contributed by atoms with Crippen LogP contribution >= 0.6 is 15.9 Å². The number of fused-ring (bicyclic) bond motifs is 1. The molecule has 29 heavy (non-hydrogen) atoms. The minimum Gasteiger partial charge on any atom is -0.497 e.